The molecule has 0 saturated carbocycles. The smallest absolute Gasteiger partial charge is 0.208 e. The Kier molecular flexibility index (Phi) is 5.84. The first-order valence-corrected chi connectivity index (χ1v) is 13.2. The average molecular weight is 520 g/mol. The first-order chi connectivity index (χ1) is 19.2. The zero-order valence-corrected chi connectivity index (χ0v) is 21.7. The Morgan fingerprint density at radius 1 is 0.385 bits per heavy atom. The number of rotatable bonds is 4. The largest absolute Gasteiger partial charge is 0.226 e. The molecule has 0 atom stereocenters. The lowest BCUT2D eigenvalue weighted by Crippen LogP contribution is -1.97. The van der Waals surface area contributed by atoms with Gasteiger partial charge in [0.25, 0.3) is 0 Å². The van der Waals surface area contributed by atoms with Crippen molar-refractivity contribution in [3.8, 4) is 45.0 Å². The van der Waals surface area contributed by atoms with E-state index in [1.807, 2.05) is 24.3 Å². The van der Waals surface area contributed by atoms with Crippen LogP contribution in [0.3, 0.4) is 0 Å². The molecule has 0 aliphatic rings. The second-order valence-corrected chi connectivity index (χ2v) is 9.80. The summed E-state index contributed by atoms with van der Waals surface area (Å²) in [5.74, 6) is 1.10. The molecule has 184 valence electrons. The molecule has 0 amide bonds. The van der Waals surface area contributed by atoms with E-state index in [1.165, 1.54) is 27.5 Å². The highest BCUT2D eigenvalue weighted by Gasteiger charge is 2.12. The van der Waals surface area contributed by atoms with Crippen molar-refractivity contribution in [1.82, 2.24) is 15.0 Å². The Morgan fingerprint density at radius 2 is 0.923 bits per heavy atom. The molecule has 0 aliphatic heterocycles. The van der Waals surface area contributed by atoms with Crippen LogP contribution >= 0.6 is 11.6 Å². The van der Waals surface area contributed by atoms with E-state index in [9.17, 15) is 0 Å². The van der Waals surface area contributed by atoms with Gasteiger partial charge in [-0.2, -0.15) is 9.97 Å². The number of hydrogen-bond donors (Lipinski definition) is 0. The predicted octanol–water partition coefficient (Wildman–Crippen LogP) is 9.50. The van der Waals surface area contributed by atoms with E-state index in [2.05, 4.69) is 119 Å². The Hall–Kier alpha value is -4.86. The molecular formula is C35H22ClN3. The molecule has 0 unspecified atom stereocenters. The summed E-state index contributed by atoms with van der Waals surface area (Å²) in [6, 6.07) is 46.1. The first kappa shape index (κ1) is 23.3. The van der Waals surface area contributed by atoms with E-state index in [-0.39, 0.29) is 5.28 Å². The fourth-order valence-corrected chi connectivity index (χ4v) is 5.33. The molecule has 0 radical (unpaired) electrons. The normalized spacial score (nSPS) is 11.2. The Labute approximate surface area is 231 Å². The number of aromatic nitrogens is 3. The predicted molar refractivity (Wildman–Crippen MR) is 162 cm³/mol. The molecule has 7 aromatic rings. The molecule has 3 nitrogen and oxygen atoms in total. The van der Waals surface area contributed by atoms with Gasteiger partial charge in [-0.05, 0) is 61.5 Å². The maximum Gasteiger partial charge on any atom is 0.226 e. The second kappa shape index (κ2) is 9.79. The van der Waals surface area contributed by atoms with Crippen molar-refractivity contribution >= 4 is 33.1 Å². The standard InChI is InChI=1S/C35H22ClN3/c36-35-38-33(27-19-16-26(17-20-27)30-14-6-11-24-10-4-5-13-29(24)30)37-34(39-35)28-21-18-25-12-7-15-31(32(25)22-28)23-8-2-1-3-9-23/h1-22H. The molecule has 0 bridgehead atoms. The minimum Gasteiger partial charge on any atom is -0.208 e. The summed E-state index contributed by atoms with van der Waals surface area (Å²) in [5, 5.41) is 4.91. The van der Waals surface area contributed by atoms with Crippen LogP contribution in [0.1, 0.15) is 0 Å². The van der Waals surface area contributed by atoms with Gasteiger partial charge in [-0.15, -0.1) is 0 Å². The van der Waals surface area contributed by atoms with Crippen LogP contribution in [-0.2, 0) is 0 Å². The van der Waals surface area contributed by atoms with Crippen molar-refractivity contribution in [3.63, 3.8) is 0 Å². The van der Waals surface area contributed by atoms with E-state index in [1.54, 1.807) is 0 Å². The van der Waals surface area contributed by atoms with Crippen molar-refractivity contribution in [2.24, 2.45) is 0 Å². The highest BCUT2D eigenvalue weighted by atomic mass is 35.5. The van der Waals surface area contributed by atoms with E-state index in [0.717, 1.165) is 27.5 Å². The summed E-state index contributed by atoms with van der Waals surface area (Å²) in [4.78, 5) is 13.8. The SMILES string of the molecule is Clc1nc(-c2ccc(-c3cccc4ccccc34)cc2)nc(-c2ccc3cccc(-c4ccccc4)c3c2)n1. The number of fused-ring (bicyclic) bond motifs is 2. The summed E-state index contributed by atoms with van der Waals surface area (Å²) < 4.78 is 0. The topological polar surface area (TPSA) is 38.7 Å². The number of benzene rings is 6. The molecule has 39 heavy (non-hydrogen) atoms. The lowest BCUT2D eigenvalue weighted by molar-refractivity contribution is 1.07. The molecular weight excluding hydrogens is 498 g/mol. The van der Waals surface area contributed by atoms with Gasteiger partial charge in [0.05, 0.1) is 0 Å². The number of nitrogens with zero attached hydrogens (tertiary/aromatic N) is 3. The van der Waals surface area contributed by atoms with Crippen molar-refractivity contribution in [3.05, 3.63) is 139 Å². The van der Waals surface area contributed by atoms with Crippen LogP contribution in [0.25, 0.3) is 66.6 Å². The molecule has 0 aliphatic carbocycles. The van der Waals surface area contributed by atoms with Crippen molar-refractivity contribution < 1.29 is 0 Å². The lowest BCUT2D eigenvalue weighted by Gasteiger charge is -2.10. The van der Waals surface area contributed by atoms with Crippen molar-refractivity contribution in [2.45, 2.75) is 0 Å². The third kappa shape index (κ3) is 4.43. The van der Waals surface area contributed by atoms with Crippen molar-refractivity contribution in [2.75, 3.05) is 0 Å². The van der Waals surface area contributed by atoms with Gasteiger partial charge >= 0.3 is 0 Å². The Balaban J connectivity index is 1.28. The van der Waals surface area contributed by atoms with Crippen LogP contribution in [0.15, 0.2) is 133 Å². The molecule has 1 heterocycles. The summed E-state index contributed by atoms with van der Waals surface area (Å²) in [7, 11) is 0. The lowest BCUT2D eigenvalue weighted by atomic mass is 9.96. The Morgan fingerprint density at radius 3 is 1.69 bits per heavy atom. The minimum atomic E-state index is 0.171. The Bertz CT molecular complexity index is 1960. The summed E-state index contributed by atoms with van der Waals surface area (Å²) in [5.41, 5.74) is 6.44. The van der Waals surface area contributed by atoms with Gasteiger partial charge in [0.15, 0.2) is 11.6 Å². The fraction of sp³-hybridized carbons (Fsp3) is 0. The fourth-order valence-electron chi connectivity index (χ4n) is 5.17. The quantitative estimate of drug-likeness (QED) is 0.232. The van der Waals surface area contributed by atoms with E-state index in [0.29, 0.717) is 11.6 Å². The zero-order valence-electron chi connectivity index (χ0n) is 20.9. The van der Waals surface area contributed by atoms with Gasteiger partial charge in [-0.25, -0.2) is 4.98 Å². The van der Waals surface area contributed by atoms with Gasteiger partial charge in [0.2, 0.25) is 5.28 Å². The summed E-state index contributed by atoms with van der Waals surface area (Å²) in [6.07, 6.45) is 0. The van der Waals surface area contributed by atoms with E-state index in [4.69, 9.17) is 16.6 Å². The molecule has 6 aromatic carbocycles. The highest BCUT2D eigenvalue weighted by molar-refractivity contribution is 6.28. The van der Waals surface area contributed by atoms with Gasteiger partial charge in [0.1, 0.15) is 0 Å². The maximum atomic E-state index is 6.43. The minimum absolute atomic E-state index is 0.171. The average Bonchev–Trinajstić information content (AvgIpc) is 3.00. The molecule has 0 fully saturated rings. The molecule has 7 rings (SSSR count). The monoisotopic (exact) mass is 519 g/mol. The van der Waals surface area contributed by atoms with Crippen LogP contribution in [0.4, 0.5) is 0 Å². The highest BCUT2D eigenvalue weighted by Crippen LogP contribution is 2.33. The molecule has 0 saturated heterocycles. The van der Waals surface area contributed by atoms with Crippen LogP contribution in [0.2, 0.25) is 5.28 Å². The first-order valence-electron chi connectivity index (χ1n) is 12.8. The molecule has 1 aromatic heterocycles. The van der Waals surface area contributed by atoms with Crippen LogP contribution in [-0.4, -0.2) is 15.0 Å². The molecule has 4 heteroatoms. The summed E-state index contributed by atoms with van der Waals surface area (Å²) >= 11 is 6.43. The molecule has 0 N–H and O–H groups in total. The van der Waals surface area contributed by atoms with Crippen molar-refractivity contribution in [1.29, 1.82) is 0 Å². The molecule has 0 spiro atoms. The van der Waals surface area contributed by atoms with Crippen LogP contribution in [0.5, 0.6) is 0 Å². The number of halogens is 1. The third-order valence-electron chi connectivity index (χ3n) is 7.08. The van der Waals surface area contributed by atoms with Gasteiger partial charge in [0, 0.05) is 11.1 Å². The zero-order chi connectivity index (χ0) is 26.2. The number of hydrogen-bond acceptors (Lipinski definition) is 3. The van der Waals surface area contributed by atoms with Gasteiger partial charge in [-0.3, -0.25) is 0 Å². The van der Waals surface area contributed by atoms with E-state index >= 15 is 0 Å². The van der Waals surface area contributed by atoms with Crippen LogP contribution in [0, 0.1) is 0 Å². The van der Waals surface area contributed by atoms with Gasteiger partial charge in [-0.1, -0.05) is 127 Å². The van der Waals surface area contributed by atoms with Crippen LogP contribution < -0.4 is 0 Å². The second-order valence-electron chi connectivity index (χ2n) is 9.46. The third-order valence-corrected chi connectivity index (χ3v) is 7.25. The van der Waals surface area contributed by atoms with Gasteiger partial charge < -0.3 is 0 Å². The van der Waals surface area contributed by atoms with E-state index < -0.39 is 0 Å². The summed E-state index contributed by atoms with van der Waals surface area (Å²) in [6.45, 7) is 0. The maximum absolute atomic E-state index is 6.43.